The molecule has 2 aromatic carbocycles. The lowest BCUT2D eigenvalue weighted by molar-refractivity contribution is -0.121. The third-order valence-corrected chi connectivity index (χ3v) is 5.23. The molecule has 3 rings (SSSR count). The number of halogens is 2. The largest absolute Gasteiger partial charge is 0.349 e. The Bertz CT molecular complexity index is 967. The van der Waals surface area contributed by atoms with Crippen molar-refractivity contribution in [3.63, 3.8) is 0 Å². The van der Waals surface area contributed by atoms with E-state index in [0.717, 1.165) is 32.8 Å². The Labute approximate surface area is 161 Å². The Kier molecular flexibility index (Phi) is 5.65. The zero-order chi connectivity index (χ0) is 19.6. The van der Waals surface area contributed by atoms with Crippen LogP contribution in [0.15, 0.2) is 42.5 Å². The molecule has 27 heavy (non-hydrogen) atoms. The van der Waals surface area contributed by atoms with Crippen molar-refractivity contribution in [2.45, 2.75) is 33.2 Å². The van der Waals surface area contributed by atoms with E-state index in [1.807, 2.05) is 38.1 Å². The van der Waals surface area contributed by atoms with E-state index in [1.165, 1.54) is 23.5 Å². The van der Waals surface area contributed by atoms with Gasteiger partial charge in [0.05, 0.1) is 23.2 Å². The molecule has 0 bridgehead atoms. The van der Waals surface area contributed by atoms with Crippen LogP contribution in [0.3, 0.4) is 0 Å². The van der Waals surface area contributed by atoms with Gasteiger partial charge in [0.25, 0.3) is 0 Å². The molecule has 1 aromatic heterocycles. The Hall–Kier alpha value is -2.60. The Balaban J connectivity index is 1.75. The lowest BCUT2D eigenvalue weighted by atomic mass is 10.1. The van der Waals surface area contributed by atoms with Crippen molar-refractivity contribution in [3.8, 4) is 11.3 Å². The van der Waals surface area contributed by atoms with Crippen molar-refractivity contribution >= 4 is 17.2 Å². The third kappa shape index (κ3) is 4.57. The first-order chi connectivity index (χ1) is 12.8. The van der Waals surface area contributed by atoms with E-state index in [2.05, 4.69) is 10.3 Å². The second kappa shape index (κ2) is 7.96. The number of nitrogens with zero attached hydrogens (tertiary/aromatic N) is 1. The van der Waals surface area contributed by atoms with Crippen LogP contribution >= 0.6 is 11.3 Å². The first kappa shape index (κ1) is 19.2. The number of aromatic nitrogens is 1. The monoisotopic (exact) mass is 386 g/mol. The highest BCUT2D eigenvalue weighted by atomic mass is 32.1. The average Bonchev–Trinajstić information content (AvgIpc) is 2.95. The molecule has 3 nitrogen and oxygen atoms in total. The number of benzene rings is 2. The minimum Gasteiger partial charge on any atom is -0.349 e. The molecule has 1 N–H and O–H groups in total. The number of carbonyl (C=O) groups excluding carboxylic acids is 1. The van der Waals surface area contributed by atoms with Crippen LogP contribution in [0.4, 0.5) is 8.78 Å². The van der Waals surface area contributed by atoms with Gasteiger partial charge in [0.2, 0.25) is 5.91 Å². The van der Waals surface area contributed by atoms with Crippen LogP contribution < -0.4 is 5.32 Å². The van der Waals surface area contributed by atoms with Gasteiger partial charge in [-0.3, -0.25) is 4.79 Å². The number of amides is 1. The van der Waals surface area contributed by atoms with E-state index in [0.29, 0.717) is 0 Å². The second-order valence-electron chi connectivity index (χ2n) is 6.50. The fourth-order valence-corrected chi connectivity index (χ4v) is 3.85. The van der Waals surface area contributed by atoms with E-state index in [9.17, 15) is 13.6 Å². The van der Waals surface area contributed by atoms with Crippen LogP contribution in [0.25, 0.3) is 11.3 Å². The molecule has 0 unspecified atom stereocenters. The van der Waals surface area contributed by atoms with Crippen LogP contribution in [0.2, 0.25) is 0 Å². The van der Waals surface area contributed by atoms with Gasteiger partial charge < -0.3 is 5.32 Å². The summed E-state index contributed by atoms with van der Waals surface area (Å²) < 4.78 is 27.0. The molecule has 0 aliphatic heterocycles. The van der Waals surface area contributed by atoms with Crippen molar-refractivity contribution in [3.05, 3.63) is 75.1 Å². The van der Waals surface area contributed by atoms with Crippen LogP contribution in [0.5, 0.6) is 0 Å². The maximum atomic E-state index is 13.9. The average molecular weight is 386 g/mol. The minimum absolute atomic E-state index is 0.155. The molecule has 140 valence electrons. The van der Waals surface area contributed by atoms with Crippen LogP contribution in [0.1, 0.15) is 34.0 Å². The number of hydrogen-bond donors (Lipinski definition) is 1. The van der Waals surface area contributed by atoms with Crippen LogP contribution in [0, 0.1) is 25.5 Å². The van der Waals surface area contributed by atoms with Crippen LogP contribution in [-0.4, -0.2) is 10.9 Å². The Morgan fingerprint density at radius 1 is 1.15 bits per heavy atom. The highest BCUT2D eigenvalue weighted by molar-refractivity contribution is 7.12. The molecular weight excluding hydrogens is 366 g/mol. The van der Waals surface area contributed by atoms with E-state index in [-0.39, 0.29) is 17.9 Å². The molecule has 0 spiro atoms. The summed E-state index contributed by atoms with van der Waals surface area (Å²) in [5, 5.41) is 3.66. The summed E-state index contributed by atoms with van der Waals surface area (Å²) in [5.74, 6) is -1.54. The highest BCUT2D eigenvalue weighted by Crippen LogP contribution is 2.29. The van der Waals surface area contributed by atoms with Gasteiger partial charge in [0, 0.05) is 22.1 Å². The number of aryl methyl sites for hydroxylation is 2. The Morgan fingerprint density at radius 3 is 2.52 bits per heavy atom. The summed E-state index contributed by atoms with van der Waals surface area (Å²) in [5.41, 5.74) is 3.17. The number of thiazole rings is 1. The predicted molar refractivity (Wildman–Crippen MR) is 104 cm³/mol. The maximum absolute atomic E-state index is 13.9. The molecular formula is C21H20F2N2OS. The Morgan fingerprint density at radius 2 is 1.85 bits per heavy atom. The molecule has 6 heteroatoms. The van der Waals surface area contributed by atoms with Gasteiger partial charge in [-0.1, -0.05) is 35.9 Å². The summed E-state index contributed by atoms with van der Waals surface area (Å²) in [6, 6.07) is 10.8. The normalized spacial score (nSPS) is 12.0. The highest BCUT2D eigenvalue weighted by Gasteiger charge is 2.18. The van der Waals surface area contributed by atoms with E-state index in [4.69, 9.17) is 0 Å². The number of rotatable bonds is 5. The van der Waals surface area contributed by atoms with E-state index < -0.39 is 17.7 Å². The molecule has 0 radical (unpaired) electrons. The van der Waals surface area contributed by atoms with E-state index >= 15 is 0 Å². The topological polar surface area (TPSA) is 42.0 Å². The summed E-state index contributed by atoms with van der Waals surface area (Å²) in [6.45, 7) is 5.59. The first-order valence-electron chi connectivity index (χ1n) is 8.61. The van der Waals surface area contributed by atoms with Gasteiger partial charge in [-0.2, -0.15) is 0 Å². The molecule has 1 heterocycles. The van der Waals surface area contributed by atoms with Crippen molar-refractivity contribution in [1.29, 1.82) is 0 Å². The predicted octanol–water partition coefficient (Wildman–Crippen LogP) is 5.13. The smallest absolute Gasteiger partial charge is 0.225 e. The second-order valence-corrected chi connectivity index (χ2v) is 7.79. The number of nitrogens with one attached hydrogen (secondary N) is 1. The summed E-state index contributed by atoms with van der Waals surface area (Å²) >= 11 is 1.47. The van der Waals surface area contributed by atoms with Gasteiger partial charge in [-0.05, 0) is 26.8 Å². The van der Waals surface area contributed by atoms with Gasteiger partial charge >= 0.3 is 0 Å². The molecule has 0 aliphatic rings. The fourth-order valence-electron chi connectivity index (χ4n) is 2.89. The van der Waals surface area contributed by atoms with Gasteiger partial charge in [-0.15, -0.1) is 11.3 Å². The quantitative estimate of drug-likeness (QED) is 0.661. The molecule has 0 fully saturated rings. The molecule has 0 saturated carbocycles. The maximum Gasteiger partial charge on any atom is 0.225 e. The first-order valence-corrected chi connectivity index (χ1v) is 9.43. The zero-order valence-electron chi connectivity index (χ0n) is 15.3. The molecule has 1 amide bonds. The van der Waals surface area contributed by atoms with Crippen molar-refractivity contribution in [2.75, 3.05) is 0 Å². The number of carbonyl (C=O) groups is 1. The number of hydrogen-bond acceptors (Lipinski definition) is 3. The molecule has 3 aromatic rings. The lowest BCUT2D eigenvalue weighted by Crippen LogP contribution is -2.28. The zero-order valence-corrected chi connectivity index (χ0v) is 16.2. The third-order valence-electron chi connectivity index (χ3n) is 4.26. The standard InChI is InChI=1S/C21H20F2N2OS/c1-12-4-6-15(7-5-12)21-19(27-14(3)25-21)11-20(26)24-13(2)17-9-8-16(22)10-18(17)23/h4-10,13H,11H2,1-3H3,(H,24,26)/t13-/m0/s1. The van der Waals surface area contributed by atoms with Gasteiger partial charge in [-0.25, -0.2) is 13.8 Å². The lowest BCUT2D eigenvalue weighted by Gasteiger charge is -2.15. The van der Waals surface area contributed by atoms with Crippen molar-refractivity contribution in [1.82, 2.24) is 10.3 Å². The molecule has 0 aliphatic carbocycles. The minimum atomic E-state index is -0.670. The molecule has 0 saturated heterocycles. The van der Waals surface area contributed by atoms with E-state index in [1.54, 1.807) is 6.92 Å². The fraction of sp³-hybridized carbons (Fsp3) is 0.238. The van der Waals surface area contributed by atoms with Crippen molar-refractivity contribution in [2.24, 2.45) is 0 Å². The van der Waals surface area contributed by atoms with Gasteiger partial charge in [0.1, 0.15) is 11.6 Å². The van der Waals surface area contributed by atoms with Crippen LogP contribution in [-0.2, 0) is 11.2 Å². The van der Waals surface area contributed by atoms with Gasteiger partial charge in [0.15, 0.2) is 0 Å². The summed E-state index contributed by atoms with van der Waals surface area (Å²) in [7, 11) is 0. The summed E-state index contributed by atoms with van der Waals surface area (Å²) in [6.07, 6.45) is 0.155. The molecule has 1 atom stereocenters. The van der Waals surface area contributed by atoms with Crippen molar-refractivity contribution < 1.29 is 13.6 Å². The summed E-state index contributed by atoms with van der Waals surface area (Å²) in [4.78, 5) is 17.9. The SMILES string of the molecule is Cc1ccc(-c2nc(C)sc2CC(=O)N[C@@H](C)c2ccc(F)cc2F)cc1.